The van der Waals surface area contributed by atoms with Crippen LogP contribution >= 0.6 is 12.4 Å². The molecule has 2 rings (SSSR count). The number of aryl methyl sites for hydroxylation is 1. The first-order valence-electron chi connectivity index (χ1n) is 6.81. The van der Waals surface area contributed by atoms with Crippen LogP contribution in [0, 0.1) is 6.92 Å². The fourth-order valence-electron chi connectivity index (χ4n) is 2.57. The van der Waals surface area contributed by atoms with Crippen LogP contribution < -0.4 is 10.1 Å². The van der Waals surface area contributed by atoms with Gasteiger partial charge >= 0.3 is 0 Å². The van der Waals surface area contributed by atoms with Crippen LogP contribution in [0.3, 0.4) is 0 Å². The van der Waals surface area contributed by atoms with Crippen molar-refractivity contribution in [2.75, 3.05) is 27.2 Å². The topological polar surface area (TPSA) is 58.6 Å². The SMILES string of the molecule is CNC1CCCN(S(=O)(=O)c2ccc(OC)cc2C)C1.Cl. The first kappa shape index (κ1) is 18.2. The zero-order valence-electron chi connectivity index (χ0n) is 12.6. The Morgan fingerprint density at radius 3 is 2.67 bits per heavy atom. The number of halogens is 1. The number of hydrogen-bond acceptors (Lipinski definition) is 4. The molecule has 1 aliphatic heterocycles. The zero-order chi connectivity index (χ0) is 14.8. The summed E-state index contributed by atoms with van der Waals surface area (Å²) in [7, 11) is 0.0260. The lowest BCUT2D eigenvalue weighted by atomic mass is 10.1. The van der Waals surface area contributed by atoms with Crippen LogP contribution in [0.15, 0.2) is 23.1 Å². The van der Waals surface area contributed by atoms with Gasteiger partial charge in [0.15, 0.2) is 0 Å². The van der Waals surface area contributed by atoms with Gasteiger partial charge in [-0.1, -0.05) is 0 Å². The first-order valence-corrected chi connectivity index (χ1v) is 8.25. The second-order valence-electron chi connectivity index (χ2n) is 5.12. The molecule has 0 aliphatic carbocycles. The Morgan fingerprint density at radius 1 is 1.38 bits per heavy atom. The van der Waals surface area contributed by atoms with Crippen molar-refractivity contribution in [1.82, 2.24) is 9.62 Å². The monoisotopic (exact) mass is 334 g/mol. The number of nitrogens with zero attached hydrogens (tertiary/aromatic N) is 1. The van der Waals surface area contributed by atoms with Gasteiger partial charge in [0.05, 0.1) is 12.0 Å². The van der Waals surface area contributed by atoms with Crippen molar-refractivity contribution in [3.8, 4) is 5.75 Å². The summed E-state index contributed by atoms with van der Waals surface area (Å²) in [6.45, 7) is 2.92. The highest BCUT2D eigenvalue weighted by Crippen LogP contribution is 2.26. The van der Waals surface area contributed by atoms with Crippen LogP contribution in [-0.4, -0.2) is 46.0 Å². The molecule has 0 aromatic heterocycles. The van der Waals surface area contributed by atoms with Crippen LogP contribution in [0.1, 0.15) is 18.4 Å². The van der Waals surface area contributed by atoms with Crippen molar-refractivity contribution in [3.05, 3.63) is 23.8 Å². The molecule has 7 heteroatoms. The van der Waals surface area contributed by atoms with Crippen molar-refractivity contribution in [2.24, 2.45) is 0 Å². The summed E-state index contributed by atoms with van der Waals surface area (Å²) < 4.78 is 32.2. The summed E-state index contributed by atoms with van der Waals surface area (Å²) in [5, 5.41) is 3.16. The van der Waals surface area contributed by atoms with E-state index < -0.39 is 10.0 Å². The van der Waals surface area contributed by atoms with E-state index >= 15 is 0 Å². The second kappa shape index (κ2) is 7.45. The quantitative estimate of drug-likeness (QED) is 0.912. The van der Waals surface area contributed by atoms with Crippen molar-refractivity contribution in [2.45, 2.75) is 30.7 Å². The van der Waals surface area contributed by atoms with E-state index in [-0.39, 0.29) is 18.4 Å². The Hall–Kier alpha value is -0.820. The van der Waals surface area contributed by atoms with Gasteiger partial charge in [-0.15, -0.1) is 12.4 Å². The number of hydrogen-bond donors (Lipinski definition) is 1. The van der Waals surface area contributed by atoms with Crippen molar-refractivity contribution >= 4 is 22.4 Å². The molecule has 1 aliphatic rings. The molecule has 1 heterocycles. The van der Waals surface area contributed by atoms with E-state index in [2.05, 4.69) is 5.32 Å². The molecule has 1 N–H and O–H groups in total. The molecular weight excluding hydrogens is 312 g/mol. The normalized spacial score (nSPS) is 19.9. The van der Waals surface area contributed by atoms with E-state index in [1.54, 1.807) is 36.5 Å². The maximum Gasteiger partial charge on any atom is 0.243 e. The smallest absolute Gasteiger partial charge is 0.243 e. The molecule has 5 nitrogen and oxygen atoms in total. The third kappa shape index (κ3) is 3.88. The van der Waals surface area contributed by atoms with Crippen LogP contribution in [0.2, 0.25) is 0 Å². The van der Waals surface area contributed by atoms with E-state index in [0.717, 1.165) is 18.4 Å². The molecule has 0 spiro atoms. The molecule has 0 radical (unpaired) electrons. The maximum atomic E-state index is 12.7. The average Bonchev–Trinajstić information content (AvgIpc) is 2.46. The molecule has 1 atom stereocenters. The van der Waals surface area contributed by atoms with Crippen LogP contribution in [-0.2, 0) is 10.0 Å². The van der Waals surface area contributed by atoms with Crippen molar-refractivity contribution in [3.63, 3.8) is 0 Å². The predicted molar refractivity (Wildman–Crippen MR) is 85.8 cm³/mol. The Morgan fingerprint density at radius 2 is 2.10 bits per heavy atom. The second-order valence-corrected chi connectivity index (χ2v) is 7.03. The van der Waals surface area contributed by atoms with Crippen molar-refractivity contribution in [1.29, 1.82) is 0 Å². The van der Waals surface area contributed by atoms with E-state index in [9.17, 15) is 8.42 Å². The molecule has 0 bridgehead atoms. The van der Waals surface area contributed by atoms with Gasteiger partial charge in [0.2, 0.25) is 10.0 Å². The van der Waals surface area contributed by atoms with Crippen LogP contribution in [0.25, 0.3) is 0 Å². The van der Waals surface area contributed by atoms with Crippen molar-refractivity contribution < 1.29 is 13.2 Å². The van der Waals surface area contributed by atoms with E-state index in [0.29, 0.717) is 23.7 Å². The summed E-state index contributed by atoms with van der Waals surface area (Å²) >= 11 is 0. The Labute approximate surface area is 133 Å². The molecule has 0 amide bonds. The minimum atomic E-state index is -3.42. The van der Waals surface area contributed by atoms with Crippen LogP contribution in [0.4, 0.5) is 0 Å². The Bertz CT molecular complexity index is 578. The standard InChI is InChI=1S/C14H22N2O3S.ClH/c1-11-9-13(19-3)6-7-14(11)20(17,18)16-8-4-5-12(10-16)15-2;/h6-7,9,12,15H,4-5,8,10H2,1-3H3;1H. The van der Waals surface area contributed by atoms with E-state index in [4.69, 9.17) is 4.74 Å². The van der Waals surface area contributed by atoms with Gasteiger partial charge in [-0.05, 0) is 50.6 Å². The number of sulfonamides is 1. The molecule has 1 saturated heterocycles. The minimum Gasteiger partial charge on any atom is -0.497 e. The number of rotatable bonds is 4. The molecular formula is C14H23ClN2O3S. The van der Waals surface area contributed by atoms with E-state index in [1.165, 1.54) is 0 Å². The van der Waals surface area contributed by atoms with Gasteiger partial charge in [0, 0.05) is 19.1 Å². The van der Waals surface area contributed by atoms with Gasteiger partial charge < -0.3 is 10.1 Å². The molecule has 1 aromatic rings. The first-order chi connectivity index (χ1) is 9.48. The number of piperidine rings is 1. The van der Waals surface area contributed by atoms with E-state index in [1.807, 2.05) is 7.05 Å². The lowest BCUT2D eigenvalue weighted by Gasteiger charge is -2.32. The zero-order valence-corrected chi connectivity index (χ0v) is 14.3. The highest BCUT2D eigenvalue weighted by molar-refractivity contribution is 7.89. The summed E-state index contributed by atoms with van der Waals surface area (Å²) in [5.41, 5.74) is 0.718. The molecule has 1 unspecified atom stereocenters. The third-order valence-electron chi connectivity index (χ3n) is 3.79. The maximum absolute atomic E-state index is 12.7. The van der Waals surface area contributed by atoms with Gasteiger partial charge in [-0.25, -0.2) is 8.42 Å². The highest BCUT2D eigenvalue weighted by Gasteiger charge is 2.30. The number of likely N-dealkylation sites (N-methyl/N-ethyl adjacent to an activating group) is 1. The highest BCUT2D eigenvalue weighted by atomic mass is 35.5. The lowest BCUT2D eigenvalue weighted by molar-refractivity contribution is 0.292. The average molecular weight is 335 g/mol. The molecule has 1 fully saturated rings. The fraction of sp³-hybridized carbons (Fsp3) is 0.571. The third-order valence-corrected chi connectivity index (χ3v) is 5.82. The summed E-state index contributed by atoms with van der Waals surface area (Å²) in [6.07, 6.45) is 1.91. The summed E-state index contributed by atoms with van der Waals surface area (Å²) in [5.74, 6) is 0.674. The van der Waals surface area contributed by atoms with Crippen LogP contribution in [0.5, 0.6) is 5.75 Å². The minimum absolute atomic E-state index is 0. The van der Waals surface area contributed by atoms with Gasteiger partial charge in [-0.2, -0.15) is 4.31 Å². The largest absolute Gasteiger partial charge is 0.497 e. The lowest BCUT2D eigenvalue weighted by Crippen LogP contribution is -2.46. The molecule has 120 valence electrons. The summed E-state index contributed by atoms with van der Waals surface area (Å²) in [4.78, 5) is 0.370. The summed E-state index contributed by atoms with van der Waals surface area (Å²) in [6, 6.07) is 5.32. The van der Waals surface area contributed by atoms with Gasteiger partial charge in [-0.3, -0.25) is 0 Å². The van der Waals surface area contributed by atoms with Gasteiger partial charge in [0.1, 0.15) is 5.75 Å². The Balaban J connectivity index is 0.00000220. The number of benzene rings is 1. The van der Waals surface area contributed by atoms with Gasteiger partial charge in [0.25, 0.3) is 0 Å². The number of nitrogens with one attached hydrogen (secondary N) is 1. The molecule has 1 aromatic carbocycles. The fourth-order valence-corrected chi connectivity index (χ4v) is 4.30. The molecule has 0 saturated carbocycles. The molecule has 21 heavy (non-hydrogen) atoms. The Kier molecular flexibility index (Phi) is 6.46. The predicted octanol–water partition coefficient (Wildman–Crippen LogP) is 1.80. The number of methoxy groups -OCH3 is 1. The number of ether oxygens (including phenoxy) is 1.